The molecular weight excluding hydrogens is 425 g/mol. The number of hydrogen-bond acceptors (Lipinski definition) is 9. The largest absolute Gasteiger partial charge is 0.474 e. The number of nitrogens with one attached hydrogen (secondary N) is 1. The number of carbonyl (C=O) groups is 1. The third kappa shape index (κ3) is 5.81. The van der Waals surface area contributed by atoms with Crippen LogP contribution in [0.1, 0.15) is 47.3 Å². The zero-order valence-corrected chi connectivity index (χ0v) is 19.2. The summed E-state index contributed by atoms with van der Waals surface area (Å²) in [5.74, 6) is 0.764. The van der Waals surface area contributed by atoms with Gasteiger partial charge in [-0.2, -0.15) is 0 Å². The molecule has 0 spiro atoms. The molecule has 31 heavy (non-hydrogen) atoms. The Morgan fingerprint density at radius 1 is 1.26 bits per heavy atom. The second-order valence-corrected chi connectivity index (χ2v) is 9.81. The number of imidazole rings is 1. The molecule has 2 aromatic rings. The molecule has 170 valence electrons. The number of anilines is 1. The van der Waals surface area contributed by atoms with Gasteiger partial charge >= 0.3 is 13.7 Å². The summed E-state index contributed by atoms with van der Waals surface area (Å²) >= 11 is 0. The average molecular weight is 453 g/mol. The molecule has 1 aliphatic heterocycles. The van der Waals surface area contributed by atoms with E-state index in [0.717, 1.165) is 0 Å². The Labute approximate surface area is 180 Å². The minimum atomic E-state index is -3.27. The second kappa shape index (κ2) is 9.33. The first-order chi connectivity index (χ1) is 14.6. The molecule has 0 fully saturated rings. The van der Waals surface area contributed by atoms with Crippen LogP contribution in [0.2, 0.25) is 0 Å². The lowest BCUT2D eigenvalue weighted by Crippen LogP contribution is -2.27. The van der Waals surface area contributed by atoms with E-state index in [9.17, 15) is 9.36 Å². The molecule has 0 aliphatic carbocycles. The fourth-order valence-electron chi connectivity index (χ4n) is 3.04. The first-order valence-electron chi connectivity index (χ1n) is 10.1. The van der Waals surface area contributed by atoms with Gasteiger partial charge in [0, 0.05) is 6.42 Å². The Hall–Kier alpha value is -2.49. The van der Waals surface area contributed by atoms with E-state index in [-0.39, 0.29) is 25.2 Å². The highest BCUT2D eigenvalue weighted by Crippen LogP contribution is 2.51. The number of fused-ring (bicyclic) bond motifs is 1. The van der Waals surface area contributed by atoms with Crippen LogP contribution in [0.15, 0.2) is 24.5 Å². The van der Waals surface area contributed by atoms with E-state index >= 15 is 0 Å². The Morgan fingerprint density at radius 2 is 1.97 bits per heavy atom. The molecule has 2 aromatic heterocycles. The Bertz CT molecular complexity index is 1000. The molecule has 0 radical (unpaired) electrons. The van der Waals surface area contributed by atoms with Gasteiger partial charge in [-0.1, -0.05) is 0 Å². The number of nitrogens with zero attached hydrogens (tertiary/aromatic N) is 4. The zero-order valence-electron chi connectivity index (χ0n) is 18.3. The van der Waals surface area contributed by atoms with Gasteiger partial charge < -0.3 is 18.5 Å². The lowest BCUT2D eigenvalue weighted by atomic mass is 10.2. The van der Waals surface area contributed by atoms with Crippen molar-refractivity contribution < 1.29 is 27.9 Å². The van der Waals surface area contributed by atoms with Gasteiger partial charge in [0.15, 0.2) is 23.2 Å². The summed E-state index contributed by atoms with van der Waals surface area (Å²) in [4.78, 5) is 24.8. The average Bonchev–Trinajstić information content (AvgIpc) is 3.27. The van der Waals surface area contributed by atoms with Gasteiger partial charge in [0.2, 0.25) is 0 Å². The molecule has 12 heteroatoms. The summed E-state index contributed by atoms with van der Waals surface area (Å²) in [5, 5.41) is 2.60. The molecule has 11 nitrogen and oxygen atoms in total. The maximum absolute atomic E-state index is 12.8. The van der Waals surface area contributed by atoms with Crippen LogP contribution in [-0.2, 0) is 23.1 Å². The summed E-state index contributed by atoms with van der Waals surface area (Å²) in [6.07, 6.45) is 4.26. The molecule has 1 aliphatic rings. The lowest BCUT2D eigenvalue weighted by molar-refractivity contribution is 0.0635. The van der Waals surface area contributed by atoms with Gasteiger partial charge in [-0.15, -0.1) is 0 Å². The number of carbonyl (C=O) groups excluding carboxylic acids is 1. The molecule has 0 saturated carbocycles. The van der Waals surface area contributed by atoms with Crippen molar-refractivity contribution in [1.29, 1.82) is 0 Å². The Balaban J connectivity index is 1.74. The highest BCUT2D eigenvalue weighted by molar-refractivity contribution is 7.54. The maximum Gasteiger partial charge on any atom is 0.413 e. The van der Waals surface area contributed by atoms with Crippen LogP contribution in [0, 0.1) is 0 Å². The van der Waals surface area contributed by atoms with Gasteiger partial charge in [-0.3, -0.25) is 14.4 Å². The molecule has 0 saturated heterocycles. The number of aromatic nitrogens is 4. The molecule has 1 N–H and O–H groups in total. The smallest absolute Gasteiger partial charge is 0.413 e. The molecule has 1 amide bonds. The molecule has 0 bridgehead atoms. The van der Waals surface area contributed by atoms with Crippen molar-refractivity contribution in [3.8, 4) is 0 Å². The topological polar surface area (TPSA) is 127 Å². The molecule has 0 unspecified atom stereocenters. The van der Waals surface area contributed by atoms with Crippen molar-refractivity contribution in [2.75, 3.05) is 24.7 Å². The predicted molar refractivity (Wildman–Crippen MR) is 114 cm³/mol. The van der Waals surface area contributed by atoms with Crippen LogP contribution in [0.3, 0.4) is 0 Å². The van der Waals surface area contributed by atoms with Gasteiger partial charge in [0.05, 0.1) is 13.2 Å². The summed E-state index contributed by atoms with van der Waals surface area (Å²) in [5.41, 5.74) is 0.246. The minimum absolute atomic E-state index is 0.0538. The van der Waals surface area contributed by atoms with Crippen LogP contribution in [0.4, 0.5) is 10.6 Å². The van der Waals surface area contributed by atoms with Crippen LogP contribution >= 0.6 is 7.60 Å². The van der Waals surface area contributed by atoms with Gasteiger partial charge in [-0.25, -0.2) is 19.7 Å². The van der Waals surface area contributed by atoms with E-state index in [4.69, 9.17) is 18.5 Å². The van der Waals surface area contributed by atoms with E-state index in [1.807, 2.05) is 6.08 Å². The van der Waals surface area contributed by atoms with Gasteiger partial charge in [0.25, 0.3) is 0 Å². The van der Waals surface area contributed by atoms with Crippen molar-refractivity contribution in [3.63, 3.8) is 0 Å². The first kappa shape index (κ1) is 23.2. The van der Waals surface area contributed by atoms with Crippen LogP contribution in [-0.4, -0.2) is 50.6 Å². The lowest BCUT2D eigenvalue weighted by Gasteiger charge is -2.20. The second-order valence-electron chi connectivity index (χ2n) is 7.76. The fraction of sp³-hybridized carbons (Fsp3) is 0.579. The van der Waals surface area contributed by atoms with E-state index < -0.39 is 25.5 Å². The minimum Gasteiger partial charge on any atom is -0.474 e. The van der Waals surface area contributed by atoms with Crippen molar-refractivity contribution in [2.24, 2.45) is 0 Å². The maximum atomic E-state index is 12.8. The van der Waals surface area contributed by atoms with E-state index in [1.54, 1.807) is 45.5 Å². The number of ether oxygens (including phenoxy) is 2. The normalized spacial score (nSPS) is 16.8. The molecule has 3 rings (SSSR count). The Morgan fingerprint density at radius 3 is 2.61 bits per heavy atom. The van der Waals surface area contributed by atoms with Crippen molar-refractivity contribution >= 4 is 30.7 Å². The molecule has 1 atom stereocenters. The van der Waals surface area contributed by atoms with Crippen molar-refractivity contribution in [1.82, 2.24) is 19.5 Å². The van der Waals surface area contributed by atoms with E-state index in [1.165, 1.54) is 6.33 Å². The Kier molecular flexibility index (Phi) is 6.98. The highest BCUT2D eigenvalue weighted by atomic mass is 31.2. The van der Waals surface area contributed by atoms with Gasteiger partial charge in [-0.05, 0) is 40.7 Å². The fourth-order valence-corrected chi connectivity index (χ4v) is 4.67. The van der Waals surface area contributed by atoms with Crippen LogP contribution < -0.4 is 5.32 Å². The third-order valence-electron chi connectivity index (χ3n) is 4.12. The SMILES string of the molecule is CCOP(=O)(CC1=CC[C@H](n2cnc3c(NC(=O)OC(C)(C)C)ncnc32)O1)OCC. The highest BCUT2D eigenvalue weighted by Gasteiger charge is 2.31. The number of amides is 1. The van der Waals surface area contributed by atoms with Crippen molar-refractivity contribution in [3.05, 3.63) is 24.5 Å². The van der Waals surface area contributed by atoms with Crippen molar-refractivity contribution in [2.45, 2.75) is 52.9 Å². The van der Waals surface area contributed by atoms with Crippen LogP contribution in [0.25, 0.3) is 11.2 Å². The molecular formula is C19H28N5O6P. The predicted octanol–water partition coefficient (Wildman–Crippen LogP) is 4.24. The summed E-state index contributed by atoms with van der Waals surface area (Å²) in [7, 11) is -3.27. The zero-order chi connectivity index (χ0) is 22.6. The quantitative estimate of drug-likeness (QED) is 0.584. The molecule has 3 heterocycles. The van der Waals surface area contributed by atoms with Crippen LogP contribution in [0.5, 0.6) is 0 Å². The third-order valence-corrected chi connectivity index (χ3v) is 6.13. The molecule has 0 aromatic carbocycles. The first-order valence-corrected chi connectivity index (χ1v) is 11.8. The summed E-state index contributed by atoms with van der Waals surface area (Å²) in [6, 6.07) is 0. The van der Waals surface area contributed by atoms with E-state index in [0.29, 0.717) is 23.3 Å². The number of allylic oxidation sites excluding steroid dienone is 1. The summed E-state index contributed by atoms with van der Waals surface area (Å²) in [6.45, 7) is 9.41. The van der Waals surface area contributed by atoms with Gasteiger partial charge in [0.1, 0.15) is 30.2 Å². The standard InChI is InChI=1S/C19H28N5O6P/c1-6-27-31(26,28-7-2)10-13-8-9-14(29-13)24-12-22-15-16(20-11-21-17(15)24)23-18(25)30-19(3,4)5/h8,11-12,14H,6-7,9-10H2,1-5H3,(H,20,21,23,25)/t14-/m1/s1. The summed E-state index contributed by atoms with van der Waals surface area (Å²) < 4.78 is 36.4. The van der Waals surface area contributed by atoms with E-state index in [2.05, 4.69) is 20.3 Å². The number of hydrogen-bond donors (Lipinski definition) is 1. The number of rotatable bonds is 8. The monoisotopic (exact) mass is 453 g/mol.